The van der Waals surface area contributed by atoms with Crippen LogP contribution in [0.3, 0.4) is 0 Å². The predicted molar refractivity (Wildman–Crippen MR) is 115 cm³/mol. The summed E-state index contributed by atoms with van der Waals surface area (Å²) in [6, 6.07) is 2.07. The highest BCUT2D eigenvalue weighted by Crippen LogP contribution is 2.40. The summed E-state index contributed by atoms with van der Waals surface area (Å²) in [4.78, 5) is 12.2. The molecule has 12 heteroatoms. The van der Waals surface area contributed by atoms with Gasteiger partial charge >= 0.3 is 0 Å². The van der Waals surface area contributed by atoms with E-state index in [1.54, 1.807) is 13.8 Å². The number of benzene rings is 1. The van der Waals surface area contributed by atoms with Crippen LogP contribution in [0.2, 0.25) is 10.0 Å². The van der Waals surface area contributed by atoms with Crippen molar-refractivity contribution in [2.45, 2.75) is 43.2 Å². The van der Waals surface area contributed by atoms with Gasteiger partial charge in [0, 0.05) is 16.6 Å². The van der Waals surface area contributed by atoms with E-state index in [2.05, 4.69) is 21.0 Å². The van der Waals surface area contributed by atoms with Gasteiger partial charge in [-0.25, -0.2) is 17.5 Å². The Labute approximate surface area is 191 Å². The summed E-state index contributed by atoms with van der Waals surface area (Å²) in [5.74, 6) is -1.14. The van der Waals surface area contributed by atoms with Gasteiger partial charge < -0.3 is 4.74 Å². The van der Waals surface area contributed by atoms with Crippen LogP contribution in [0.5, 0.6) is 5.75 Å². The molecule has 2 aromatic rings. The molecule has 0 amide bonds. The van der Waals surface area contributed by atoms with Gasteiger partial charge in [0.2, 0.25) is 10.0 Å². The van der Waals surface area contributed by atoms with Crippen LogP contribution in [0.25, 0.3) is 0 Å². The van der Waals surface area contributed by atoms with Gasteiger partial charge in [0.25, 0.3) is 5.56 Å². The number of halogens is 4. The lowest BCUT2D eigenvalue weighted by Crippen LogP contribution is -2.53. The van der Waals surface area contributed by atoms with Crippen molar-refractivity contribution in [3.8, 4) is 5.75 Å². The lowest BCUT2D eigenvalue weighted by molar-refractivity contribution is 0.120. The molecule has 7 nitrogen and oxygen atoms in total. The van der Waals surface area contributed by atoms with Crippen molar-refractivity contribution in [1.29, 1.82) is 0 Å². The van der Waals surface area contributed by atoms with E-state index in [-0.39, 0.29) is 44.2 Å². The molecule has 1 aliphatic rings. The largest absolute Gasteiger partial charge is 0.492 e. The minimum Gasteiger partial charge on any atom is -0.492 e. The average molecular weight is 543 g/mol. The van der Waals surface area contributed by atoms with Crippen molar-refractivity contribution in [3.63, 3.8) is 0 Å². The first-order chi connectivity index (χ1) is 13.9. The number of aromatic nitrogens is 2. The fraction of sp³-hybridized carbons (Fsp3) is 0.444. The summed E-state index contributed by atoms with van der Waals surface area (Å²) >= 11 is 14.9. The van der Waals surface area contributed by atoms with Gasteiger partial charge in [0.15, 0.2) is 11.6 Å². The summed E-state index contributed by atoms with van der Waals surface area (Å²) in [7, 11) is -2.89. The van der Waals surface area contributed by atoms with Crippen LogP contribution in [0.1, 0.15) is 32.7 Å². The molecule has 0 aliphatic carbocycles. The molecule has 164 valence electrons. The zero-order valence-electron chi connectivity index (χ0n) is 16.3. The van der Waals surface area contributed by atoms with Gasteiger partial charge in [-0.3, -0.25) is 4.79 Å². The van der Waals surface area contributed by atoms with Gasteiger partial charge in [-0.1, -0.05) is 39.1 Å². The standard InChI is InChI=1S/C18H19BrCl2FN3O4S/c1-18(2)8-11(25-17(26)15(21)12(20)9-23-25)4-5-24(18)30(27,28)14-7-10(19)6-13(22)16(14)29-3/h6-7,9,11H,4-5,8H2,1-3H3. The van der Waals surface area contributed by atoms with Gasteiger partial charge in [-0.2, -0.15) is 9.40 Å². The van der Waals surface area contributed by atoms with Crippen molar-refractivity contribution in [3.05, 3.63) is 49.0 Å². The van der Waals surface area contributed by atoms with Gasteiger partial charge in [0.05, 0.1) is 24.4 Å². The molecule has 1 unspecified atom stereocenters. The molecule has 1 atom stereocenters. The maximum absolute atomic E-state index is 14.3. The maximum Gasteiger partial charge on any atom is 0.287 e. The molecule has 2 heterocycles. The smallest absolute Gasteiger partial charge is 0.287 e. The van der Waals surface area contributed by atoms with E-state index in [4.69, 9.17) is 27.9 Å². The first kappa shape index (κ1) is 23.5. The molecular weight excluding hydrogens is 524 g/mol. The third-order valence-electron chi connectivity index (χ3n) is 5.07. The van der Waals surface area contributed by atoms with E-state index in [0.29, 0.717) is 6.42 Å². The van der Waals surface area contributed by atoms with Crippen LogP contribution >= 0.6 is 39.1 Å². The predicted octanol–water partition coefficient (Wildman–Crippen LogP) is 4.26. The summed E-state index contributed by atoms with van der Waals surface area (Å²) in [5.41, 5.74) is -1.43. The molecule has 0 bridgehead atoms. The van der Waals surface area contributed by atoms with Crippen LogP contribution in [0.15, 0.2) is 32.5 Å². The van der Waals surface area contributed by atoms with E-state index in [1.165, 1.54) is 28.4 Å². The quantitative estimate of drug-likeness (QED) is 0.576. The molecule has 1 aromatic heterocycles. The third-order valence-corrected chi connectivity index (χ3v) is 8.39. The summed E-state index contributed by atoms with van der Waals surface area (Å²) in [6.07, 6.45) is 1.89. The van der Waals surface area contributed by atoms with E-state index in [1.807, 2.05) is 0 Å². The highest BCUT2D eigenvalue weighted by Gasteiger charge is 2.44. The Morgan fingerprint density at radius 3 is 2.60 bits per heavy atom. The minimum absolute atomic E-state index is 0.0565. The minimum atomic E-state index is -4.10. The highest BCUT2D eigenvalue weighted by atomic mass is 79.9. The molecule has 0 N–H and O–H groups in total. The lowest BCUT2D eigenvalue weighted by atomic mass is 9.89. The van der Waals surface area contributed by atoms with Crippen molar-refractivity contribution >= 4 is 49.2 Å². The molecule has 1 fully saturated rings. The zero-order valence-corrected chi connectivity index (χ0v) is 20.2. The number of hydrogen-bond acceptors (Lipinski definition) is 5. The van der Waals surface area contributed by atoms with Crippen molar-refractivity contribution in [1.82, 2.24) is 14.1 Å². The number of rotatable bonds is 4. The second-order valence-corrected chi connectivity index (χ2v) is 11.0. The van der Waals surface area contributed by atoms with E-state index >= 15 is 0 Å². The molecule has 0 spiro atoms. The second kappa shape index (κ2) is 8.38. The van der Waals surface area contributed by atoms with Crippen molar-refractivity contribution in [2.75, 3.05) is 13.7 Å². The number of hydrogen-bond donors (Lipinski definition) is 0. The fourth-order valence-electron chi connectivity index (χ4n) is 3.73. The molecule has 1 aromatic carbocycles. The average Bonchev–Trinajstić information content (AvgIpc) is 2.64. The van der Waals surface area contributed by atoms with Crippen LogP contribution in [-0.2, 0) is 10.0 Å². The van der Waals surface area contributed by atoms with Crippen LogP contribution < -0.4 is 10.3 Å². The maximum atomic E-state index is 14.3. The Morgan fingerprint density at radius 2 is 2.00 bits per heavy atom. The monoisotopic (exact) mass is 541 g/mol. The van der Waals surface area contributed by atoms with E-state index in [9.17, 15) is 17.6 Å². The Morgan fingerprint density at radius 1 is 1.33 bits per heavy atom. The topological polar surface area (TPSA) is 81.5 Å². The fourth-order valence-corrected chi connectivity index (χ4v) is 6.57. The molecular formula is C18H19BrCl2FN3O4S. The van der Waals surface area contributed by atoms with Crippen LogP contribution in [0.4, 0.5) is 4.39 Å². The number of ether oxygens (including phenoxy) is 1. The Bertz CT molecular complexity index is 1160. The van der Waals surface area contributed by atoms with Gasteiger partial charge in [-0.15, -0.1) is 0 Å². The van der Waals surface area contributed by atoms with Gasteiger partial charge in [-0.05, 0) is 38.8 Å². The Hall–Kier alpha value is -1.20. The first-order valence-electron chi connectivity index (χ1n) is 8.89. The Balaban J connectivity index is 1.99. The van der Waals surface area contributed by atoms with E-state index < -0.39 is 26.9 Å². The zero-order chi connectivity index (χ0) is 22.4. The number of nitrogens with zero attached hydrogens (tertiary/aromatic N) is 3. The third kappa shape index (κ3) is 4.12. The molecule has 1 aliphatic heterocycles. The lowest BCUT2D eigenvalue weighted by Gasteiger charge is -2.44. The summed E-state index contributed by atoms with van der Waals surface area (Å²) in [6.45, 7) is 3.56. The number of methoxy groups -OCH3 is 1. The first-order valence-corrected chi connectivity index (χ1v) is 11.9. The Kier molecular flexibility index (Phi) is 6.56. The molecule has 3 rings (SSSR count). The van der Waals surface area contributed by atoms with Crippen molar-refractivity contribution in [2.24, 2.45) is 0 Å². The molecule has 1 saturated heterocycles. The highest BCUT2D eigenvalue weighted by molar-refractivity contribution is 9.10. The van der Waals surface area contributed by atoms with E-state index in [0.717, 1.165) is 6.07 Å². The van der Waals surface area contributed by atoms with Gasteiger partial charge in [0.1, 0.15) is 9.92 Å². The number of piperidine rings is 1. The molecule has 0 radical (unpaired) electrons. The second-order valence-electron chi connectivity index (χ2n) is 7.51. The number of sulfonamides is 1. The molecule has 0 saturated carbocycles. The van der Waals surface area contributed by atoms with Crippen LogP contribution in [0, 0.1) is 5.82 Å². The normalized spacial score (nSPS) is 19.6. The molecule has 30 heavy (non-hydrogen) atoms. The summed E-state index contributed by atoms with van der Waals surface area (Å²) < 4.78 is 49.0. The van der Waals surface area contributed by atoms with Crippen LogP contribution in [-0.4, -0.2) is 41.7 Å². The summed E-state index contributed by atoms with van der Waals surface area (Å²) in [5, 5.41) is 3.99. The SMILES string of the molecule is COc1c(F)cc(Br)cc1S(=O)(=O)N1CCC(n2ncc(Cl)c(Cl)c2=O)CC1(C)C. The van der Waals surface area contributed by atoms with Crippen molar-refractivity contribution < 1.29 is 17.5 Å².